The molecule has 0 aliphatic rings. The molecule has 0 heterocycles. The van der Waals surface area contributed by atoms with E-state index in [-0.39, 0.29) is 0 Å². The molecule has 0 atom stereocenters. The minimum absolute atomic E-state index is 0.548. The van der Waals surface area contributed by atoms with E-state index in [1.54, 1.807) is 0 Å². The Labute approximate surface area is 114 Å². The summed E-state index contributed by atoms with van der Waals surface area (Å²) in [6.07, 6.45) is 0. The molecule has 0 saturated heterocycles. The first-order valence-electron chi connectivity index (χ1n) is 6.43. The van der Waals surface area contributed by atoms with E-state index in [2.05, 4.69) is 0 Å². The van der Waals surface area contributed by atoms with Crippen molar-refractivity contribution >= 4 is 0 Å². The van der Waals surface area contributed by atoms with Crippen molar-refractivity contribution in [1.29, 1.82) is 0 Å². The molecule has 0 amide bonds. The lowest BCUT2D eigenvalue weighted by Crippen LogP contribution is -1.99. The van der Waals surface area contributed by atoms with Gasteiger partial charge in [0.25, 0.3) is 0 Å². The topological polar surface area (TPSA) is 44.5 Å². The molecular weight excluding hydrogens is 238 g/mol. The molecule has 0 spiro atoms. The highest BCUT2D eigenvalue weighted by Crippen LogP contribution is 2.26. The Balaban J connectivity index is 2.16. The van der Waals surface area contributed by atoms with E-state index in [0.717, 1.165) is 28.4 Å². The molecule has 0 radical (unpaired) electrons. The minimum Gasteiger partial charge on any atom is -0.494 e. The van der Waals surface area contributed by atoms with Crippen LogP contribution in [0, 0.1) is 6.92 Å². The van der Waals surface area contributed by atoms with Crippen molar-refractivity contribution in [2.24, 2.45) is 5.73 Å². The maximum absolute atomic E-state index is 5.82. The van der Waals surface area contributed by atoms with Gasteiger partial charge < -0.3 is 15.2 Å². The maximum atomic E-state index is 5.82. The van der Waals surface area contributed by atoms with E-state index in [1.165, 1.54) is 0 Å². The van der Waals surface area contributed by atoms with Crippen LogP contribution in [0.3, 0.4) is 0 Å². The van der Waals surface area contributed by atoms with E-state index >= 15 is 0 Å². The molecule has 0 aliphatic carbocycles. The normalized spacial score (nSPS) is 10.3. The van der Waals surface area contributed by atoms with E-state index in [4.69, 9.17) is 15.2 Å². The summed E-state index contributed by atoms with van der Waals surface area (Å²) in [5.41, 5.74) is 7.92. The standard InChI is InChI=1S/C16H19NO2/c1-3-18-14-5-4-6-15(10-14)19-16-8-7-13(11-17)12(2)9-16/h4-10H,3,11,17H2,1-2H3. The first-order chi connectivity index (χ1) is 9.22. The van der Waals surface area contributed by atoms with Crippen LogP contribution in [0.5, 0.6) is 17.2 Å². The molecule has 2 aromatic carbocycles. The van der Waals surface area contributed by atoms with Crippen molar-refractivity contribution in [3.8, 4) is 17.2 Å². The van der Waals surface area contributed by atoms with Gasteiger partial charge >= 0.3 is 0 Å². The van der Waals surface area contributed by atoms with Gasteiger partial charge in [-0.05, 0) is 49.2 Å². The fraction of sp³-hybridized carbons (Fsp3) is 0.250. The molecule has 3 nitrogen and oxygen atoms in total. The van der Waals surface area contributed by atoms with Gasteiger partial charge in [0.1, 0.15) is 17.2 Å². The molecule has 0 bridgehead atoms. The van der Waals surface area contributed by atoms with Crippen molar-refractivity contribution < 1.29 is 9.47 Å². The molecule has 19 heavy (non-hydrogen) atoms. The Kier molecular flexibility index (Phi) is 4.42. The highest BCUT2D eigenvalue weighted by molar-refractivity contribution is 5.40. The van der Waals surface area contributed by atoms with Gasteiger partial charge in [0.05, 0.1) is 6.61 Å². The third-order valence-corrected chi connectivity index (χ3v) is 2.89. The van der Waals surface area contributed by atoms with Crippen LogP contribution >= 0.6 is 0 Å². The average molecular weight is 257 g/mol. The second-order valence-electron chi connectivity index (χ2n) is 4.30. The minimum atomic E-state index is 0.548. The van der Waals surface area contributed by atoms with Crippen LogP contribution in [0.4, 0.5) is 0 Å². The number of hydrogen-bond acceptors (Lipinski definition) is 3. The summed E-state index contributed by atoms with van der Waals surface area (Å²) in [5.74, 6) is 2.39. The molecule has 3 heteroatoms. The summed E-state index contributed by atoms with van der Waals surface area (Å²) in [5, 5.41) is 0. The third kappa shape index (κ3) is 3.48. The highest BCUT2D eigenvalue weighted by Gasteiger charge is 2.02. The maximum Gasteiger partial charge on any atom is 0.131 e. The summed E-state index contributed by atoms with van der Waals surface area (Å²) in [6, 6.07) is 13.6. The molecule has 0 saturated carbocycles. The Morgan fingerprint density at radius 2 is 1.74 bits per heavy atom. The molecule has 0 aromatic heterocycles. The van der Waals surface area contributed by atoms with Gasteiger partial charge in [-0.25, -0.2) is 0 Å². The fourth-order valence-electron chi connectivity index (χ4n) is 1.89. The average Bonchev–Trinajstić information content (AvgIpc) is 2.40. The molecule has 0 unspecified atom stereocenters. The van der Waals surface area contributed by atoms with Gasteiger partial charge in [0.15, 0.2) is 0 Å². The van der Waals surface area contributed by atoms with Gasteiger partial charge in [0, 0.05) is 12.6 Å². The smallest absolute Gasteiger partial charge is 0.131 e. The quantitative estimate of drug-likeness (QED) is 0.889. The lowest BCUT2D eigenvalue weighted by atomic mass is 10.1. The zero-order valence-electron chi connectivity index (χ0n) is 11.3. The van der Waals surface area contributed by atoms with Gasteiger partial charge in [0.2, 0.25) is 0 Å². The van der Waals surface area contributed by atoms with Gasteiger partial charge in [-0.15, -0.1) is 0 Å². The first kappa shape index (κ1) is 13.4. The summed E-state index contributed by atoms with van der Waals surface area (Å²) < 4.78 is 11.3. The lowest BCUT2D eigenvalue weighted by Gasteiger charge is -2.10. The monoisotopic (exact) mass is 257 g/mol. The molecule has 2 aromatic rings. The summed E-state index contributed by atoms with van der Waals surface area (Å²) in [4.78, 5) is 0. The number of benzene rings is 2. The van der Waals surface area contributed by atoms with Crippen molar-refractivity contribution in [3.05, 3.63) is 53.6 Å². The molecule has 2 N–H and O–H groups in total. The summed E-state index contributed by atoms with van der Waals surface area (Å²) in [6.45, 7) is 5.19. The van der Waals surface area contributed by atoms with E-state index in [0.29, 0.717) is 13.2 Å². The Bertz CT molecular complexity index is 552. The van der Waals surface area contributed by atoms with Gasteiger partial charge in [-0.1, -0.05) is 12.1 Å². The molecule has 0 fully saturated rings. The Hall–Kier alpha value is -2.00. The predicted molar refractivity (Wildman–Crippen MR) is 76.8 cm³/mol. The number of rotatable bonds is 5. The van der Waals surface area contributed by atoms with Crippen LogP contribution in [-0.2, 0) is 6.54 Å². The van der Waals surface area contributed by atoms with Crippen molar-refractivity contribution in [2.75, 3.05) is 6.61 Å². The van der Waals surface area contributed by atoms with Gasteiger partial charge in [-0.3, -0.25) is 0 Å². The van der Waals surface area contributed by atoms with Crippen LogP contribution in [0.2, 0.25) is 0 Å². The van der Waals surface area contributed by atoms with E-state index in [1.807, 2.05) is 56.3 Å². The molecular formula is C16H19NO2. The van der Waals surface area contributed by atoms with Crippen LogP contribution in [-0.4, -0.2) is 6.61 Å². The molecule has 0 aliphatic heterocycles. The van der Waals surface area contributed by atoms with Gasteiger partial charge in [-0.2, -0.15) is 0 Å². The second-order valence-corrected chi connectivity index (χ2v) is 4.30. The van der Waals surface area contributed by atoms with Crippen molar-refractivity contribution in [2.45, 2.75) is 20.4 Å². The van der Waals surface area contributed by atoms with E-state index in [9.17, 15) is 0 Å². The molecule has 100 valence electrons. The number of hydrogen-bond donors (Lipinski definition) is 1. The van der Waals surface area contributed by atoms with Crippen LogP contribution in [0.15, 0.2) is 42.5 Å². The zero-order chi connectivity index (χ0) is 13.7. The summed E-state index contributed by atoms with van der Waals surface area (Å²) >= 11 is 0. The highest BCUT2D eigenvalue weighted by atomic mass is 16.5. The number of ether oxygens (including phenoxy) is 2. The predicted octanol–water partition coefficient (Wildman–Crippen LogP) is 3.64. The van der Waals surface area contributed by atoms with E-state index < -0.39 is 0 Å². The zero-order valence-corrected chi connectivity index (χ0v) is 11.3. The lowest BCUT2D eigenvalue weighted by molar-refractivity contribution is 0.338. The second kappa shape index (κ2) is 6.25. The Morgan fingerprint density at radius 3 is 2.42 bits per heavy atom. The van der Waals surface area contributed by atoms with Crippen LogP contribution in [0.25, 0.3) is 0 Å². The van der Waals surface area contributed by atoms with Crippen molar-refractivity contribution in [1.82, 2.24) is 0 Å². The Morgan fingerprint density at radius 1 is 1.00 bits per heavy atom. The third-order valence-electron chi connectivity index (χ3n) is 2.89. The largest absolute Gasteiger partial charge is 0.494 e. The number of aryl methyl sites for hydroxylation is 1. The number of nitrogens with two attached hydrogens (primary N) is 1. The molecule has 2 rings (SSSR count). The van der Waals surface area contributed by atoms with Crippen molar-refractivity contribution in [3.63, 3.8) is 0 Å². The van der Waals surface area contributed by atoms with Crippen LogP contribution in [0.1, 0.15) is 18.1 Å². The summed E-state index contributed by atoms with van der Waals surface area (Å²) in [7, 11) is 0. The SMILES string of the molecule is CCOc1cccc(Oc2ccc(CN)c(C)c2)c1. The first-order valence-corrected chi connectivity index (χ1v) is 6.43. The fourth-order valence-corrected chi connectivity index (χ4v) is 1.89. The van der Waals surface area contributed by atoms with Crippen LogP contribution < -0.4 is 15.2 Å².